The Morgan fingerprint density at radius 1 is 0.800 bits per heavy atom. The Balaban J connectivity index is 3.78. The van der Waals surface area contributed by atoms with E-state index in [0.29, 0.717) is 12.0 Å². The SMILES string of the molecule is CCCCCCC=C(C=O)C(=O)CCCCCCCC. The van der Waals surface area contributed by atoms with Crippen LogP contribution < -0.4 is 0 Å². The highest BCUT2D eigenvalue weighted by molar-refractivity contribution is 6.11. The van der Waals surface area contributed by atoms with Crippen LogP contribution in [-0.2, 0) is 9.59 Å². The third-order valence-electron chi connectivity index (χ3n) is 3.63. The first-order valence-corrected chi connectivity index (χ1v) is 8.44. The molecule has 0 saturated heterocycles. The highest BCUT2D eigenvalue weighted by Gasteiger charge is 2.07. The van der Waals surface area contributed by atoms with Gasteiger partial charge < -0.3 is 0 Å². The summed E-state index contributed by atoms with van der Waals surface area (Å²) in [6, 6.07) is 0. The molecule has 0 aromatic rings. The molecule has 0 aromatic heterocycles. The van der Waals surface area contributed by atoms with Crippen LogP contribution in [0.1, 0.15) is 90.9 Å². The Morgan fingerprint density at radius 3 is 1.95 bits per heavy atom. The van der Waals surface area contributed by atoms with Gasteiger partial charge in [0.25, 0.3) is 0 Å². The fourth-order valence-electron chi connectivity index (χ4n) is 2.27. The van der Waals surface area contributed by atoms with Gasteiger partial charge in [-0.1, -0.05) is 71.3 Å². The van der Waals surface area contributed by atoms with Gasteiger partial charge in [-0.2, -0.15) is 0 Å². The summed E-state index contributed by atoms with van der Waals surface area (Å²) in [5, 5.41) is 0. The molecule has 2 heteroatoms. The minimum atomic E-state index is 0.0333. The normalized spacial score (nSPS) is 11.6. The first-order valence-electron chi connectivity index (χ1n) is 8.44. The van der Waals surface area contributed by atoms with E-state index in [0.717, 1.165) is 32.0 Å². The summed E-state index contributed by atoms with van der Waals surface area (Å²) in [5.41, 5.74) is 0.398. The van der Waals surface area contributed by atoms with Gasteiger partial charge in [0.1, 0.15) is 0 Å². The predicted octanol–water partition coefficient (Wildman–Crippen LogP) is 5.40. The van der Waals surface area contributed by atoms with Crippen LogP contribution in [0.5, 0.6) is 0 Å². The molecule has 0 heterocycles. The van der Waals surface area contributed by atoms with Crippen LogP contribution in [0.3, 0.4) is 0 Å². The van der Waals surface area contributed by atoms with Crippen molar-refractivity contribution in [1.29, 1.82) is 0 Å². The quantitative estimate of drug-likeness (QED) is 0.140. The Bertz CT molecular complexity index is 279. The molecule has 0 saturated carbocycles. The molecule has 0 fully saturated rings. The summed E-state index contributed by atoms with van der Waals surface area (Å²) >= 11 is 0. The Hall–Kier alpha value is -0.920. The molecule has 20 heavy (non-hydrogen) atoms. The largest absolute Gasteiger partial charge is 0.298 e. The standard InChI is InChI=1S/C18H32O2/c1-3-5-7-9-11-13-15-18(20)17(16-19)14-12-10-8-6-4-2/h14,16H,3-13,15H2,1-2H3. The Kier molecular flexibility index (Phi) is 13.8. The number of unbranched alkanes of at least 4 members (excludes halogenated alkanes) is 9. The number of carbonyl (C=O) groups is 2. The van der Waals surface area contributed by atoms with Crippen molar-refractivity contribution in [1.82, 2.24) is 0 Å². The molecule has 0 aliphatic rings. The molecule has 2 nitrogen and oxygen atoms in total. The van der Waals surface area contributed by atoms with Gasteiger partial charge in [-0.15, -0.1) is 0 Å². The molecule has 0 aliphatic heterocycles. The number of hydrogen-bond donors (Lipinski definition) is 0. The van der Waals surface area contributed by atoms with E-state index in [1.807, 2.05) is 6.08 Å². The summed E-state index contributed by atoms with van der Waals surface area (Å²) < 4.78 is 0. The maximum absolute atomic E-state index is 11.9. The number of carbonyl (C=O) groups excluding carboxylic acids is 2. The highest BCUT2D eigenvalue weighted by Crippen LogP contribution is 2.11. The Labute approximate surface area is 125 Å². The number of aldehydes is 1. The van der Waals surface area contributed by atoms with Gasteiger partial charge in [0, 0.05) is 6.42 Å². The van der Waals surface area contributed by atoms with E-state index in [-0.39, 0.29) is 5.78 Å². The van der Waals surface area contributed by atoms with Gasteiger partial charge in [0.2, 0.25) is 0 Å². The molecular formula is C18H32O2. The molecule has 0 atom stereocenters. The van der Waals surface area contributed by atoms with Crippen molar-refractivity contribution in [3.8, 4) is 0 Å². The van der Waals surface area contributed by atoms with Crippen molar-refractivity contribution < 1.29 is 9.59 Å². The van der Waals surface area contributed by atoms with Gasteiger partial charge in [0.05, 0.1) is 5.57 Å². The summed E-state index contributed by atoms with van der Waals surface area (Å²) in [6.07, 6.45) is 15.7. The number of ketones is 1. The molecule has 0 aromatic carbocycles. The second-order valence-corrected chi connectivity index (χ2v) is 5.57. The summed E-state index contributed by atoms with van der Waals surface area (Å²) in [6.45, 7) is 4.38. The van der Waals surface area contributed by atoms with Gasteiger partial charge in [-0.3, -0.25) is 9.59 Å². The maximum atomic E-state index is 11.9. The van der Waals surface area contributed by atoms with E-state index in [1.165, 1.54) is 44.9 Å². The summed E-state index contributed by atoms with van der Waals surface area (Å²) in [7, 11) is 0. The fourth-order valence-corrected chi connectivity index (χ4v) is 2.27. The third-order valence-corrected chi connectivity index (χ3v) is 3.63. The molecule has 0 rings (SSSR count). The highest BCUT2D eigenvalue weighted by atomic mass is 16.1. The topological polar surface area (TPSA) is 34.1 Å². The lowest BCUT2D eigenvalue weighted by Gasteiger charge is -2.02. The summed E-state index contributed by atoms with van der Waals surface area (Å²) in [4.78, 5) is 22.8. The average Bonchev–Trinajstić information content (AvgIpc) is 2.46. The van der Waals surface area contributed by atoms with Gasteiger partial charge in [-0.25, -0.2) is 0 Å². The zero-order valence-corrected chi connectivity index (χ0v) is 13.5. The Morgan fingerprint density at radius 2 is 1.35 bits per heavy atom. The molecule has 0 amide bonds. The number of allylic oxidation sites excluding steroid dienone is 2. The van der Waals surface area contributed by atoms with Crippen molar-refractivity contribution >= 4 is 12.1 Å². The molecule has 0 N–H and O–H groups in total. The molecular weight excluding hydrogens is 248 g/mol. The smallest absolute Gasteiger partial charge is 0.165 e. The van der Waals surface area contributed by atoms with Crippen molar-refractivity contribution in [3.05, 3.63) is 11.6 Å². The monoisotopic (exact) mass is 280 g/mol. The van der Waals surface area contributed by atoms with Crippen LogP contribution in [0, 0.1) is 0 Å². The third kappa shape index (κ3) is 11.0. The van der Waals surface area contributed by atoms with E-state index >= 15 is 0 Å². The van der Waals surface area contributed by atoms with E-state index in [4.69, 9.17) is 0 Å². The van der Waals surface area contributed by atoms with Crippen LogP contribution in [-0.4, -0.2) is 12.1 Å². The van der Waals surface area contributed by atoms with Crippen LogP contribution in [0.15, 0.2) is 11.6 Å². The van der Waals surface area contributed by atoms with E-state index < -0.39 is 0 Å². The predicted molar refractivity (Wildman–Crippen MR) is 85.9 cm³/mol. The van der Waals surface area contributed by atoms with Gasteiger partial charge in [0.15, 0.2) is 12.1 Å². The van der Waals surface area contributed by atoms with Crippen LogP contribution in [0.2, 0.25) is 0 Å². The molecule has 0 radical (unpaired) electrons. The number of hydrogen-bond acceptors (Lipinski definition) is 2. The van der Waals surface area contributed by atoms with Crippen molar-refractivity contribution in [2.75, 3.05) is 0 Å². The number of rotatable bonds is 14. The molecule has 116 valence electrons. The van der Waals surface area contributed by atoms with Crippen LogP contribution >= 0.6 is 0 Å². The lowest BCUT2D eigenvalue weighted by Crippen LogP contribution is -2.03. The van der Waals surface area contributed by atoms with E-state index in [9.17, 15) is 9.59 Å². The summed E-state index contributed by atoms with van der Waals surface area (Å²) in [5.74, 6) is 0.0333. The fraction of sp³-hybridized carbons (Fsp3) is 0.778. The van der Waals surface area contributed by atoms with Crippen molar-refractivity contribution in [3.63, 3.8) is 0 Å². The van der Waals surface area contributed by atoms with Gasteiger partial charge in [-0.05, 0) is 19.3 Å². The first-order chi connectivity index (χ1) is 9.76. The van der Waals surface area contributed by atoms with Crippen LogP contribution in [0.25, 0.3) is 0 Å². The molecule has 0 unspecified atom stereocenters. The van der Waals surface area contributed by atoms with Crippen LogP contribution in [0.4, 0.5) is 0 Å². The van der Waals surface area contributed by atoms with E-state index in [1.54, 1.807) is 0 Å². The average molecular weight is 280 g/mol. The zero-order chi connectivity index (χ0) is 15.1. The zero-order valence-electron chi connectivity index (χ0n) is 13.5. The first kappa shape index (κ1) is 19.1. The lowest BCUT2D eigenvalue weighted by molar-refractivity contribution is -0.117. The second kappa shape index (κ2) is 14.5. The van der Waals surface area contributed by atoms with Gasteiger partial charge >= 0.3 is 0 Å². The second-order valence-electron chi connectivity index (χ2n) is 5.57. The number of Topliss-reactive ketones (excluding diaryl/α,β-unsaturated/α-hetero) is 1. The minimum absolute atomic E-state index is 0.0333. The lowest BCUT2D eigenvalue weighted by atomic mass is 10.0. The van der Waals surface area contributed by atoms with E-state index in [2.05, 4.69) is 13.8 Å². The minimum Gasteiger partial charge on any atom is -0.298 e. The van der Waals surface area contributed by atoms with Crippen molar-refractivity contribution in [2.24, 2.45) is 0 Å². The maximum Gasteiger partial charge on any atom is 0.165 e. The van der Waals surface area contributed by atoms with Crippen molar-refractivity contribution in [2.45, 2.75) is 90.9 Å². The molecule has 0 bridgehead atoms. The molecule has 0 spiro atoms. The molecule has 0 aliphatic carbocycles.